The molecule has 0 aromatic heterocycles. The van der Waals surface area contributed by atoms with Crippen LogP contribution in [0, 0.1) is 5.92 Å². The predicted molar refractivity (Wildman–Crippen MR) is 69.9 cm³/mol. The average molecular weight is 294 g/mol. The van der Waals surface area contributed by atoms with Gasteiger partial charge in [0.1, 0.15) is 6.04 Å². The summed E-state index contributed by atoms with van der Waals surface area (Å²) in [5.74, 6) is -1.51. The molecule has 1 heterocycles. The van der Waals surface area contributed by atoms with Crippen molar-refractivity contribution in [2.45, 2.75) is 39.3 Å². The summed E-state index contributed by atoms with van der Waals surface area (Å²) >= 11 is 0. The van der Waals surface area contributed by atoms with Crippen LogP contribution in [-0.2, 0) is 19.7 Å². The van der Waals surface area contributed by atoms with E-state index in [9.17, 15) is 13.2 Å². The average Bonchev–Trinajstić information content (AvgIpc) is 2.23. The maximum Gasteiger partial charge on any atom is 0.322 e. The van der Waals surface area contributed by atoms with Gasteiger partial charge in [0.15, 0.2) is 0 Å². The first-order valence-electron chi connectivity index (χ1n) is 6.19. The summed E-state index contributed by atoms with van der Waals surface area (Å²) in [5, 5.41) is 9.04. The Morgan fingerprint density at radius 1 is 1.42 bits per heavy atom. The van der Waals surface area contributed by atoms with Gasteiger partial charge in [-0.25, -0.2) is 0 Å². The van der Waals surface area contributed by atoms with Crippen LogP contribution < -0.4 is 4.72 Å². The quantitative estimate of drug-likeness (QED) is 0.746. The molecule has 0 aromatic carbocycles. The molecule has 2 N–H and O–H groups in total. The van der Waals surface area contributed by atoms with Crippen LogP contribution in [-0.4, -0.2) is 55.1 Å². The SMILES string of the molecule is CC(C)[C@H](NS(=O)(=O)N1CCOC(C)(C)C1)C(=O)O. The molecule has 19 heavy (non-hydrogen) atoms. The molecule has 1 rings (SSSR count). The van der Waals surface area contributed by atoms with E-state index >= 15 is 0 Å². The summed E-state index contributed by atoms with van der Waals surface area (Å²) in [6.45, 7) is 7.63. The zero-order valence-corrected chi connectivity index (χ0v) is 12.5. The van der Waals surface area contributed by atoms with E-state index in [-0.39, 0.29) is 19.0 Å². The molecule has 0 aromatic rings. The normalized spacial score (nSPS) is 22.4. The fourth-order valence-electron chi connectivity index (χ4n) is 1.88. The molecular formula is C11H22N2O5S. The summed E-state index contributed by atoms with van der Waals surface area (Å²) in [6.07, 6.45) is 0. The van der Waals surface area contributed by atoms with Gasteiger partial charge in [-0.15, -0.1) is 0 Å². The number of nitrogens with zero attached hydrogens (tertiary/aromatic N) is 1. The largest absolute Gasteiger partial charge is 0.480 e. The van der Waals surface area contributed by atoms with Crippen molar-refractivity contribution < 1.29 is 23.1 Å². The molecule has 0 radical (unpaired) electrons. The number of hydrogen-bond acceptors (Lipinski definition) is 4. The third-order valence-corrected chi connectivity index (χ3v) is 4.48. The van der Waals surface area contributed by atoms with Crippen LogP contribution in [0.3, 0.4) is 0 Å². The van der Waals surface area contributed by atoms with Crippen LogP contribution >= 0.6 is 0 Å². The Morgan fingerprint density at radius 3 is 2.42 bits per heavy atom. The second kappa shape index (κ2) is 5.74. The van der Waals surface area contributed by atoms with Gasteiger partial charge in [-0.05, 0) is 19.8 Å². The molecule has 0 bridgehead atoms. The highest BCUT2D eigenvalue weighted by Gasteiger charge is 2.36. The van der Waals surface area contributed by atoms with E-state index in [1.807, 2.05) is 0 Å². The molecule has 1 aliphatic rings. The zero-order chi connectivity index (χ0) is 14.8. The van der Waals surface area contributed by atoms with Gasteiger partial charge < -0.3 is 9.84 Å². The Labute approximate surface area is 114 Å². The van der Waals surface area contributed by atoms with Crippen molar-refractivity contribution in [1.29, 1.82) is 0 Å². The van der Waals surface area contributed by atoms with Crippen molar-refractivity contribution in [3.63, 3.8) is 0 Å². The van der Waals surface area contributed by atoms with Crippen molar-refractivity contribution in [2.75, 3.05) is 19.7 Å². The van der Waals surface area contributed by atoms with Crippen LogP contribution in [0.1, 0.15) is 27.7 Å². The first kappa shape index (κ1) is 16.4. The second-order valence-electron chi connectivity index (χ2n) is 5.62. The number of morpholine rings is 1. The number of carbonyl (C=O) groups is 1. The third-order valence-electron chi connectivity index (χ3n) is 2.94. The standard InChI is InChI=1S/C11H22N2O5S/c1-8(2)9(10(14)15)12-19(16,17)13-5-6-18-11(3,4)7-13/h8-9,12H,5-7H2,1-4H3,(H,14,15)/t9-/m0/s1. The molecule has 0 amide bonds. The molecule has 112 valence electrons. The van der Waals surface area contributed by atoms with Crippen LogP contribution in [0.5, 0.6) is 0 Å². The van der Waals surface area contributed by atoms with Crippen molar-refractivity contribution >= 4 is 16.2 Å². The predicted octanol–water partition coefficient (Wildman–Crippen LogP) is 0.0408. The molecule has 0 spiro atoms. The lowest BCUT2D eigenvalue weighted by atomic mass is 10.1. The highest BCUT2D eigenvalue weighted by Crippen LogP contribution is 2.19. The molecule has 0 aliphatic carbocycles. The highest BCUT2D eigenvalue weighted by atomic mass is 32.2. The minimum absolute atomic E-state index is 0.201. The summed E-state index contributed by atoms with van der Waals surface area (Å²) in [6, 6.07) is -1.13. The van der Waals surface area contributed by atoms with Crippen molar-refractivity contribution in [3.8, 4) is 0 Å². The maximum atomic E-state index is 12.2. The zero-order valence-electron chi connectivity index (χ0n) is 11.7. The van der Waals surface area contributed by atoms with E-state index in [4.69, 9.17) is 9.84 Å². The molecule has 1 aliphatic heterocycles. The van der Waals surface area contributed by atoms with Gasteiger partial charge in [0.25, 0.3) is 10.2 Å². The minimum atomic E-state index is -3.82. The maximum absolute atomic E-state index is 12.2. The van der Waals surface area contributed by atoms with Crippen LogP contribution in [0.2, 0.25) is 0 Å². The van der Waals surface area contributed by atoms with E-state index in [1.165, 1.54) is 4.31 Å². The molecular weight excluding hydrogens is 272 g/mol. The Morgan fingerprint density at radius 2 is 2.00 bits per heavy atom. The molecule has 0 unspecified atom stereocenters. The molecule has 1 saturated heterocycles. The van der Waals surface area contributed by atoms with Crippen molar-refractivity contribution in [2.24, 2.45) is 5.92 Å². The van der Waals surface area contributed by atoms with Crippen LogP contribution in [0.15, 0.2) is 0 Å². The Balaban J connectivity index is 2.83. The van der Waals surface area contributed by atoms with Gasteiger partial charge in [0.05, 0.1) is 12.2 Å². The first-order valence-corrected chi connectivity index (χ1v) is 7.63. The summed E-state index contributed by atoms with van der Waals surface area (Å²) in [4.78, 5) is 11.1. The van der Waals surface area contributed by atoms with Crippen molar-refractivity contribution in [1.82, 2.24) is 9.03 Å². The summed E-state index contributed by atoms with van der Waals surface area (Å²) in [5.41, 5.74) is -0.566. The number of hydrogen-bond donors (Lipinski definition) is 2. The van der Waals surface area contributed by atoms with Gasteiger partial charge in [-0.3, -0.25) is 4.79 Å². The van der Waals surface area contributed by atoms with E-state index in [0.29, 0.717) is 6.61 Å². The molecule has 1 atom stereocenters. The Hall–Kier alpha value is -0.700. The van der Waals surface area contributed by atoms with Gasteiger partial charge in [-0.1, -0.05) is 13.8 Å². The fraction of sp³-hybridized carbons (Fsp3) is 0.909. The fourth-order valence-corrected chi connectivity index (χ4v) is 3.52. The molecule has 0 saturated carbocycles. The number of ether oxygens (including phenoxy) is 1. The minimum Gasteiger partial charge on any atom is -0.480 e. The lowest BCUT2D eigenvalue weighted by Crippen LogP contribution is -2.56. The summed E-state index contributed by atoms with van der Waals surface area (Å²) in [7, 11) is -3.82. The molecule has 1 fully saturated rings. The lowest BCUT2D eigenvalue weighted by Gasteiger charge is -2.37. The molecule has 8 heteroatoms. The monoisotopic (exact) mass is 294 g/mol. The third kappa shape index (κ3) is 4.41. The molecule has 7 nitrogen and oxygen atoms in total. The van der Waals surface area contributed by atoms with Gasteiger partial charge >= 0.3 is 5.97 Å². The van der Waals surface area contributed by atoms with E-state index in [1.54, 1.807) is 27.7 Å². The smallest absolute Gasteiger partial charge is 0.322 e. The highest BCUT2D eigenvalue weighted by molar-refractivity contribution is 7.87. The topological polar surface area (TPSA) is 95.9 Å². The van der Waals surface area contributed by atoms with Gasteiger partial charge in [-0.2, -0.15) is 17.4 Å². The van der Waals surface area contributed by atoms with Crippen LogP contribution in [0.4, 0.5) is 0 Å². The number of aliphatic carboxylic acids is 1. The number of nitrogens with one attached hydrogen (secondary N) is 1. The van der Waals surface area contributed by atoms with E-state index in [0.717, 1.165) is 0 Å². The number of carboxylic acid groups (broad SMARTS) is 1. The van der Waals surface area contributed by atoms with Gasteiger partial charge in [0.2, 0.25) is 0 Å². The Bertz CT molecular complexity index is 432. The van der Waals surface area contributed by atoms with Crippen LogP contribution in [0.25, 0.3) is 0 Å². The second-order valence-corrected chi connectivity index (χ2v) is 7.33. The van der Waals surface area contributed by atoms with E-state index in [2.05, 4.69) is 4.72 Å². The van der Waals surface area contributed by atoms with Crippen molar-refractivity contribution in [3.05, 3.63) is 0 Å². The number of rotatable bonds is 5. The van der Waals surface area contributed by atoms with E-state index < -0.39 is 27.8 Å². The first-order chi connectivity index (χ1) is 8.55. The van der Waals surface area contributed by atoms with Gasteiger partial charge in [0, 0.05) is 13.1 Å². The number of carboxylic acids is 1. The lowest BCUT2D eigenvalue weighted by molar-refractivity contribution is -0.140. The Kier molecular flexibility index (Phi) is 4.94. The summed E-state index contributed by atoms with van der Waals surface area (Å²) < 4.78 is 33.3.